The smallest absolute Gasteiger partial charge is 0.389 e. The van der Waals surface area contributed by atoms with E-state index in [4.69, 9.17) is 5.11 Å². The summed E-state index contributed by atoms with van der Waals surface area (Å²) in [7, 11) is 0. The summed E-state index contributed by atoms with van der Waals surface area (Å²) < 4.78 is 78.6. The maximum Gasteiger partial charge on any atom is 0.416 e. The van der Waals surface area contributed by atoms with E-state index >= 15 is 0 Å². The van der Waals surface area contributed by atoms with E-state index in [0.717, 1.165) is 34.4 Å². The molecular formula is C14H7F6N3OS3. The first kappa shape index (κ1) is 20.0. The standard InChI is InChI=1S/C14H7F6N3OS3/c15-13(16,17)7-1-6(2-8(3-7)14(18,19)20)9-5-25-11(21-9)27-12-23-22-10(4-24)26-12/h1-3,5,24H,4H2. The molecule has 0 radical (unpaired) electrons. The van der Waals surface area contributed by atoms with Crippen molar-refractivity contribution in [2.45, 2.75) is 27.6 Å². The van der Waals surface area contributed by atoms with Crippen molar-refractivity contribution in [1.29, 1.82) is 0 Å². The first-order valence-corrected chi connectivity index (χ1v) is 9.44. The Hall–Kier alpha value is -1.70. The third kappa shape index (κ3) is 4.78. The average molecular weight is 443 g/mol. The summed E-state index contributed by atoms with van der Waals surface area (Å²) in [5, 5.41) is 18.2. The topological polar surface area (TPSA) is 58.9 Å². The molecule has 1 N–H and O–H groups in total. The van der Waals surface area contributed by atoms with Crippen LogP contribution in [-0.2, 0) is 19.0 Å². The summed E-state index contributed by atoms with van der Waals surface area (Å²) >= 11 is 3.21. The summed E-state index contributed by atoms with van der Waals surface area (Å²) in [5.41, 5.74) is -3.09. The van der Waals surface area contributed by atoms with E-state index in [0.29, 0.717) is 25.8 Å². The minimum absolute atomic E-state index is 0.00834. The normalized spacial score (nSPS) is 12.6. The van der Waals surface area contributed by atoms with Gasteiger partial charge in [0.05, 0.1) is 23.4 Å². The van der Waals surface area contributed by atoms with Crippen LogP contribution in [-0.4, -0.2) is 20.3 Å². The number of hydrogen-bond acceptors (Lipinski definition) is 7. The van der Waals surface area contributed by atoms with Gasteiger partial charge in [-0.2, -0.15) is 26.3 Å². The number of nitrogens with zero attached hydrogens (tertiary/aromatic N) is 3. The summed E-state index contributed by atoms with van der Waals surface area (Å²) in [6.45, 7) is -0.286. The number of halogens is 6. The number of thiazole rings is 1. The molecular weight excluding hydrogens is 436 g/mol. The van der Waals surface area contributed by atoms with Gasteiger partial charge < -0.3 is 5.11 Å². The Labute approximate surface area is 159 Å². The Morgan fingerprint density at radius 3 is 2.07 bits per heavy atom. The SMILES string of the molecule is OCc1nnc(Sc2nc(-c3cc(C(F)(F)F)cc(C(F)(F)F)c3)cs2)s1. The molecule has 0 unspecified atom stereocenters. The predicted molar refractivity (Wildman–Crippen MR) is 87.5 cm³/mol. The molecule has 13 heteroatoms. The molecule has 27 heavy (non-hydrogen) atoms. The Bertz CT molecular complexity index is 918. The zero-order chi connectivity index (χ0) is 19.8. The fourth-order valence-corrected chi connectivity index (χ4v) is 4.74. The van der Waals surface area contributed by atoms with Gasteiger partial charge in [0, 0.05) is 10.9 Å². The molecule has 0 amide bonds. The van der Waals surface area contributed by atoms with E-state index in [1.165, 1.54) is 5.38 Å². The lowest BCUT2D eigenvalue weighted by molar-refractivity contribution is -0.143. The number of hydrogen-bond donors (Lipinski definition) is 1. The van der Waals surface area contributed by atoms with Crippen LogP contribution >= 0.6 is 34.4 Å². The fourth-order valence-electron chi connectivity index (χ4n) is 1.96. The Morgan fingerprint density at radius 2 is 1.56 bits per heavy atom. The van der Waals surface area contributed by atoms with Crippen molar-refractivity contribution in [3.05, 3.63) is 39.7 Å². The van der Waals surface area contributed by atoms with Crippen LogP contribution in [0, 0.1) is 0 Å². The van der Waals surface area contributed by atoms with Gasteiger partial charge in [0.1, 0.15) is 5.01 Å². The van der Waals surface area contributed by atoms with Gasteiger partial charge in [0.25, 0.3) is 0 Å². The van der Waals surface area contributed by atoms with E-state index in [9.17, 15) is 26.3 Å². The maximum absolute atomic E-state index is 13.0. The molecule has 2 heterocycles. The van der Waals surface area contributed by atoms with Crippen LogP contribution in [0.5, 0.6) is 0 Å². The average Bonchev–Trinajstić information content (AvgIpc) is 3.22. The number of benzene rings is 1. The van der Waals surface area contributed by atoms with Gasteiger partial charge in [-0.15, -0.1) is 21.5 Å². The highest BCUT2D eigenvalue weighted by Crippen LogP contribution is 2.40. The highest BCUT2D eigenvalue weighted by Gasteiger charge is 2.37. The predicted octanol–water partition coefficient (Wildman–Crippen LogP) is 5.34. The summed E-state index contributed by atoms with van der Waals surface area (Å²) in [4.78, 5) is 4.08. The molecule has 2 aromatic heterocycles. The van der Waals surface area contributed by atoms with Crippen LogP contribution in [0.25, 0.3) is 11.3 Å². The molecule has 3 aromatic rings. The first-order chi connectivity index (χ1) is 12.6. The van der Waals surface area contributed by atoms with Crippen LogP contribution in [0.3, 0.4) is 0 Å². The van der Waals surface area contributed by atoms with Gasteiger partial charge in [-0.05, 0) is 30.0 Å². The highest BCUT2D eigenvalue weighted by molar-refractivity contribution is 8.02. The van der Waals surface area contributed by atoms with Crippen molar-refractivity contribution in [1.82, 2.24) is 15.2 Å². The molecule has 4 nitrogen and oxygen atoms in total. The molecule has 3 rings (SSSR count). The minimum atomic E-state index is -4.92. The van der Waals surface area contributed by atoms with Crippen LogP contribution in [0.1, 0.15) is 16.1 Å². The Balaban J connectivity index is 1.95. The second kappa shape index (κ2) is 7.37. The van der Waals surface area contributed by atoms with E-state index < -0.39 is 23.5 Å². The fraction of sp³-hybridized carbons (Fsp3) is 0.214. The van der Waals surface area contributed by atoms with Crippen molar-refractivity contribution >= 4 is 34.4 Å². The lowest BCUT2D eigenvalue weighted by Crippen LogP contribution is -2.11. The monoisotopic (exact) mass is 443 g/mol. The second-order valence-corrected chi connectivity index (χ2v) is 8.43. The van der Waals surface area contributed by atoms with Gasteiger partial charge in [0.15, 0.2) is 8.68 Å². The Morgan fingerprint density at radius 1 is 0.926 bits per heavy atom. The maximum atomic E-state index is 13.0. The highest BCUT2D eigenvalue weighted by atomic mass is 32.2. The van der Waals surface area contributed by atoms with Gasteiger partial charge in [0.2, 0.25) is 0 Å². The molecule has 0 aliphatic rings. The van der Waals surface area contributed by atoms with Crippen LogP contribution in [0.2, 0.25) is 0 Å². The third-order valence-corrected chi connectivity index (χ3v) is 6.02. The molecule has 0 bridgehead atoms. The van der Waals surface area contributed by atoms with E-state index in [1.54, 1.807) is 0 Å². The van der Waals surface area contributed by atoms with Crippen molar-refractivity contribution < 1.29 is 31.4 Å². The molecule has 0 aliphatic carbocycles. The van der Waals surface area contributed by atoms with Gasteiger partial charge >= 0.3 is 12.4 Å². The van der Waals surface area contributed by atoms with Crippen molar-refractivity contribution in [3.63, 3.8) is 0 Å². The van der Waals surface area contributed by atoms with Crippen LogP contribution in [0.4, 0.5) is 26.3 Å². The lowest BCUT2D eigenvalue weighted by atomic mass is 10.0. The van der Waals surface area contributed by atoms with E-state index in [2.05, 4.69) is 15.2 Å². The quantitative estimate of drug-likeness (QED) is 0.552. The molecule has 144 valence electrons. The van der Waals surface area contributed by atoms with E-state index in [-0.39, 0.29) is 23.9 Å². The van der Waals surface area contributed by atoms with Gasteiger partial charge in [-0.3, -0.25) is 0 Å². The number of aromatic nitrogens is 3. The zero-order valence-corrected chi connectivity index (χ0v) is 15.2. The molecule has 1 aromatic carbocycles. The van der Waals surface area contributed by atoms with Crippen LogP contribution in [0.15, 0.2) is 32.3 Å². The molecule has 0 atom stereocenters. The number of alkyl halides is 6. The summed E-state index contributed by atoms with van der Waals surface area (Å²) in [6.07, 6.45) is -9.84. The zero-order valence-electron chi connectivity index (χ0n) is 12.8. The largest absolute Gasteiger partial charge is 0.416 e. The Kier molecular flexibility index (Phi) is 5.47. The lowest BCUT2D eigenvalue weighted by Gasteiger charge is -2.13. The van der Waals surface area contributed by atoms with E-state index in [1.807, 2.05) is 0 Å². The molecule has 0 spiro atoms. The van der Waals surface area contributed by atoms with Gasteiger partial charge in [-0.25, -0.2) is 4.98 Å². The summed E-state index contributed by atoms with van der Waals surface area (Å²) in [5.74, 6) is 0. The first-order valence-electron chi connectivity index (χ1n) is 6.93. The number of aliphatic hydroxyl groups is 1. The minimum Gasteiger partial charge on any atom is -0.389 e. The molecule has 0 saturated carbocycles. The number of rotatable bonds is 4. The number of aliphatic hydroxyl groups excluding tert-OH is 1. The van der Waals surface area contributed by atoms with Crippen LogP contribution < -0.4 is 0 Å². The second-order valence-electron chi connectivity index (χ2n) is 5.02. The van der Waals surface area contributed by atoms with Crippen molar-refractivity contribution in [3.8, 4) is 11.3 Å². The summed E-state index contributed by atoms with van der Waals surface area (Å²) in [6, 6.07) is 1.34. The van der Waals surface area contributed by atoms with Crippen molar-refractivity contribution in [2.75, 3.05) is 0 Å². The van der Waals surface area contributed by atoms with Crippen molar-refractivity contribution in [2.24, 2.45) is 0 Å². The van der Waals surface area contributed by atoms with Gasteiger partial charge in [-0.1, -0.05) is 11.3 Å². The molecule has 0 fully saturated rings. The molecule has 0 aliphatic heterocycles. The molecule has 0 saturated heterocycles. The third-order valence-electron chi connectivity index (χ3n) is 3.12.